The molecule has 5 atom stereocenters. The predicted octanol–water partition coefficient (Wildman–Crippen LogP) is 1.97. The van der Waals surface area contributed by atoms with Gasteiger partial charge < -0.3 is 33.2 Å². The molecule has 0 N–H and O–H groups in total. The van der Waals surface area contributed by atoms with Crippen molar-refractivity contribution in [3.8, 4) is 0 Å². The second kappa shape index (κ2) is 9.29. The Morgan fingerprint density at radius 1 is 1.11 bits per heavy atom. The van der Waals surface area contributed by atoms with Crippen LogP contribution in [-0.2, 0) is 9.53 Å². The van der Waals surface area contributed by atoms with Crippen LogP contribution < -0.4 is 24.0 Å². The number of ether oxygens (including phenoxy) is 1. The van der Waals surface area contributed by atoms with Crippen LogP contribution in [0.4, 0.5) is 0 Å². The normalized spacial score (nSPS) is 34.3. The molecule has 4 heteroatoms. The third-order valence-corrected chi connectivity index (χ3v) is 7.39. The summed E-state index contributed by atoms with van der Waals surface area (Å²) in [5.41, 5.74) is 2.35. The van der Waals surface area contributed by atoms with Gasteiger partial charge in [0.1, 0.15) is 6.10 Å². The Morgan fingerprint density at radius 3 is 2.43 bits per heavy atom. The Balaban J connectivity index is 0.00000225. The maximum Gasteiger partial charge on any atom is 0.313 e. The first kappa shape index (κ1) is 21.8. The van der Waals surface area contributed by atoms with Crippen LogP contribution in [0.25, 0.3) is 5.57 Å². The summed E-state index contributed by atoms with van der Waals surface area (Å²) in [5.74, 6) is -0.0713. The first-order valence-electron chi connectivity index (χ1n) is 10.9. The van der Waals surface area contributed by atoms with Crippen molar-refractivity contribution < 1.29 is 38.0 Å². The van der Waals surface area contributed by atoms with Gasteiger partial charge in [0.05, 0.1) is 31.6 Å². The van der Waals surface area contributed by atoms with E-state index in [0.717, 1.165) is 32.1 Å². The molecule has 2 aliphatic heterocycles. The van der Waals surface area contributed by atoms with Gasteiger partial charge in [-0.2, -0.15) is 0 Å². The third kappa shape index (κ3) is 4.18. The smallest absolute Gasteiger partial charge is 0.313 e. The van der Waals surface area contributed by atoms with Crippen molar-refractivity contribution in [1.29, 1.82) is 0 Å². The number of hydrogen-bond acceptors (Lipinski definition) is 2. The number of fused-ring (bicyclic) bond motifs is 2. The van der Waals surface area contributed by atoms with Gasteiger partial charge in [-0.3, -0.25) is 4.79 Å². The largest absolute Gasteiger partial charge is 1.00 e. The van der Waals surface area contributed by atoms with E-state index in [1.807, 2.05) is 6.07 Å². The highest BCUT2D eigenvalue weighted by atomic mass is 127. The average Bonchev–Trinajstić information content (AvgIpc) is 2.86. The van der Waals surface area contributed by atoms with Crippen molar-refractivity contribution in [2.75, 3.05) is 13.6 Å². The topological polar surface area (TPSA) is 26.3 Å². The second-order valence-corrected chi connectivity index (χ2v) is 8.99. The van der Waals surface area contributed by atoms with E-state index in [4.69, 9.17) is 4.74 Å². The fourth-order valence-electron chi connectivity index (χ4n) is 5.95. The van der Waals surface area contributed by atoms with E-state index in [0.29, 0.717) is 12.1 Å². The molecular weight excluding hydrogens is 461 g/mol. The molecule has 1 aromatic carbocycles. The van der Waals surface area contributed by atoms with Crippen LogP contribution in [-0.4, -0.2) is 42.2 Å². The van der Waals surface area contributed by atoms with Crippen LogP contribution >= 0.6 is 0 Å². The Hall–Kier alpha value is -0.880. The minimum absolute atomic E-state index is 0. The van der Waals surface area contributed by atoms with E-state index in [-0.39, 0.29) is 42.0 Å². The summed E-state index contributed by atoms with van der Waals surface area (Å²) in [5, 5.41) is 0. The van der Waals surface area contributed by atoms with Crippen LogP contribution in [0.2, 0.25) is 0 Å². The summed E-state index contributed by atoms with van der Waals surface area (Å²) in [6.07, 6.45) is 11.4. The molecule has 4 rings (SSSR count). The summed E-state index contributed by atoms with van der Waals surface area (Å²) >= 11 is 0. The third-order valence-electron chi connectivity index (χ3n) is 7.39. The Labute approximate surface area is 187 Å². The molecule has 2 saturated heterocycles. The molecule has 0 saturated carbocycles. The molecule has 28 heavy (non-hydrogen) atoms. The minimum atomic E-state index is -0.0859. The van der Waals surface area contributed by atoms with Crippen LogP contribution in [0.5, 0.6) is 0 Å². The summed E-state index contributed by atoms with van der Waals surface area (Å²) < 4.78 is 7.36. The molecule has 1 aromatic rings. The zero-order valence-corrected chi connectivity index (χ0v) is 19.4. The number of halogens is 1. The SMILES string of the molecule is CCC[N+]1(C)[C@@H]2CC[C@H]1CC(OC(=O)C1CCCC=C1c1ccccc1)C2.[I-]. The van der Waals surface area contributed by atoms with Gasteiger partial charge in [0, 0.05) is 25.7 Å². The van der Waals surface area contributed by atoms with Gasteiger partial charge in [0.2, 0.25) is 0 Å². The molecule has 2 heterocycles. The molecule has 0 spiro atoms. The highest BCUT2D eigenvalue weighted by Crippen LogP contribution is 2.43. The number of esters is 1. The van der Waals surface area contributed by atoms with Gasteiger partial charge in [-0.25, -0.2) is 0 Å². The molecule has 3 nitrogen and oxygen atoms in total. The fraction of sp³-hybridized carbons (Fsp3) is 0.625. The Kier molecular flexibility index (Phi) is 7.24. The van der Waals surface area contributed by atoms with Crippen molar-refractivity contribution in [2.24, 2.45) is 5.92 Å². The number of nitrogens with zero attached hydrogens (tertiary/aromatic N) is 1. The molecule has 0 aromatic heterocycles. The number of carbonyl (C=O) groups excluding carboxylic acids is 1. The fourth-order valence-corrected chi connectivity index (χ4v) is 5.95. The average molecular weight is 495 g/mol. The quantitative estimate of drug-likeness (QED) is 0.355. The summed E-state index contributed by atoms with van der Waals surface area (Å²) in [6.45, 7) is 3.55. The highest BCUT2D eigenvalue weighted by Gasteiger charge is 2.52. The maximum atomic E-state index is 13.1. The Morgan fingerprint density at radius 2 is 1.79 bits per heavy atom. The number of hydrogen-bond donors (Lipinski definition) is 0. The standard InChI is InChI=1S/C24H34NO2.HI/c1-3-15-25(2)19-13-14-20(25)17-21(16-19)27-24(26)23-12-8-7-11-22(23)18-9-5-4-6-10-18;/h4-6,9-11,19-21,23H,3,7-8,12-17H2,1-2H3;1H/q+1;/p-1/t19-,20+,21?,23?,25?;. The molecule has 2 bridgehead atoms. The first-order valence-corrected chi connectivity index (χ1v) is 10.9. The number of piperidine rings is 1. The lowest BCUT2D eigenvalue weighted by Gasteiger charge is -2.47. The van der Waals surface area contributed by atoms with Crippen molar-refractivity contribution >= 4 is 11.5 Å². The second-order valence-electron chi connectivity index (χ2n) is 8.99. The molecule has 3 unspecified atom stereocenters. The molecule has 0 radical (unpaired) electrons. The van der Waals surface area contributed by atoms with Crippen LogP contribution in [0, 0.1) is 5.92 Å². The van der Waals surface area contributed by atoms with E-state index in [1.165, 1.54) is 41.4 Å². The number of carbonyl (C=O) groups is 1. The van der Waals surface area contributed by atoms with Crippen LogP contribution in [0.15, 0.2) is 36.4 Å². The van der Waals surface area contributed by atoms with E-state index >= 15 is 0 Å². The number of allylic oxidation sites excluding steroid dienone is 1. The molecule has 2 fully saturated rings. The number of rotatable bonds is 5. The summed E-state index contributed by atoms with van der Waals surface area (Å²) in [4.78, 5) is 13.1. The number of quaternary nitrogens is 1. The zero-order valence-electron chi connectivity index (χ0n) is 17.3. The van der Waals surface area contributed by atoms with E-state index in [2.05, 4.69) is 44.3 Å². The molecule has 154 valence electrons. The van der Waals surface area contributed by atoms with Crippen LogP contribution in [0.3, 0.4) is 0 Å². The van der Waals surface area contributed by atoms with Gasteiger partial charge in [0.15, 0.2) is 0 Å². The van der Waals surface area contributed by atoms with Gasteiger partial charge in [-0.15, -0.1) is 0 Å². The Bertz CT molecular complexity index is 688. The van der Waals surface area contributed by atoms with Gasteiger partial charge in [-0.1, -0.05) is 43.3 Å². The number of benzene rings is 1. The predicted molar refractivity (Wildman–Crippen MR) is 109 cm³/mol. The van der Waals surface area contributed by atoms with Gasteiger partial charge >= 0.3 is 5.97 Å². The van der Waals surface area contributed by atoms with Crippen molar-refractivity contribution in [3.63, 3.8) is 0 Å². The van der Waals surface area contributed by atoms with Crippen molar-refractivity contribution in [1.82, 2.24) is 0 Å². The monoisotopic (exact) mass is 495 g/mol. The van der Waals surface area contributed by atoms with Crippen LogP contribution in [0.1, 0.15) is 63.9 Å². The highest BCUT2D eigenvalue weighted by molar-refractivity contribution is 5.89. The van der Waals surface area contributed by atoms with E-state index in [9.17, 15) is 4.79 Å². The lowest BCUT2D eigenvalue weighted by atomic mass is 9.83. The first-order chi connectivity index (χ1) is 13.1. The minimum Gasteiger partial charge on any atom is -1.00 e. The molecule has 0 amide bonds. The zero-order chi connectivity index (χ0) is 18.9. The van der Waals surface area contributed by atoms with E-state index in [1.54, 1.807) is 0 Å². The van der Waals surface area contributed by atoms with Gasteiger partial charge in [0.25, 0.3) is 0 Å². The summed E-state index contributed by atoms with van der Waals surface area (Å²) in [6, 6.07) is 11.7. The summed E-state index contributed by atoms with van der Waals surface area (Å²) in [7, 11) is 2.43. The molecule has 1 aliphatic carbocycles. The van der Waals surface area contributed by atoms with E-state index < -0.39 is 0 Å². The molecule has 3 aliphatic rings. The molecular formula is C24H34INO2. The van der Waals surface area contributed by atoms with Crippen molar-refractivity contribution in [2.45, 2.75) is 76.5 Å². The maximum absolute atomic E-state index is 13.1. The lowest BCUT2D eigenvalue weighted by Crippen LogP contribution is -3.00. The lowest BCUT2D eigenvalue weighted by molar-refractivity contribution is -0.949. The van der Waals surface area contributed by atoms with Crippen molar-refractivity contribution in [3.05, 3.63) is 42.0 Å². The van der Waals surface area contributed by atoms with Gasteiger partial charge in [-0.05, 0) is 36.8 Å².